The highest BCUT2D eigenvalue weighted by Gasteiger charge is 2.30. The van der Waals surface area contributed by atoms with E-state index in [-0.39, 0.29) is 29.9 Å². The Balaban J connectivity index is 1.58. The van der Waals surface area contributed by atoms with E-state index in [1.54, 1.807) is 0 Å². The van der Waals surface area contributed by atoms with Crippen molar-refractivity contribution in [3.63, 3.8) is 0 Å². The van der Waals surface area contributed by atoms with Crippen molar-refractivity contribution in [2.45, 2.75) is 45.3 Å². The molecule has 0 bridgehead atoms. The summed E-state index contributed by atoms with van der Waals surface area (Å²) < 4.78 is 5.56. The molecule has 3 rings (SSSR count). The molecule has 5 nitrogen and oxygen atoms in total. The Bertz CT molecular complexity index is 602. The number of morpholine rings is 1. The second-order valence-electron chi connectivity index (χ2n) is 6.63. The van der Waals surface area contributed by atoms with Crippen LogP contribution in [0, 0.1) is 5.92 Å². The first-order valence-corrected chi connectivity index (χ1v) is 8.34. The van der Waals surface area contributed by atoms with Gasteiger partial charge in [0, 0.05) is 24.6 Å². The minimum absolute atomic E-state index is 0.0277. The summed E-state index contributed by atoms with van der Waals surface area (Å²) in [5.41, 5.74) is 2.05. The summed E-state index contributed by atoms with van der Waals surface area (Å²) in [5, 5.41) is 2.95. The number of anilines is 1. The molecule has 2 heterocycles. The molecule has 0 radical (unpaired) electrons. The third-order valence-corrected chi connectivity index (χ3v) is 4.75. The Kier molecular flexibility index (Phi) is 4.66. The van der Waals surface area contributed by atoms with Gasteiger partial charge in [0.2, 0.25) is 11.8 Å². The maximum Gasteiger partial charge on any atom is 0.227 e. The van der Waals surface area contributed by atoms with E-state index in [1.807, 2.05) is 43.0 Å². The smallest absolute Gasteiger partial charge is 0.227 e. The number of para-hydroxylation sites is 1. The largest absolute Gasteiger partial charge is 0.375 e. The summed E-state index contributed by atoms with van der Waals surface area (Å²) in [6.07, 6.45) is 1.80. The number of nitrogens with zero attached hydrogens (tertiary/aromatic N) is 1. The molecule has 0 aromatic heterocycles. The number of amides is 2. The SMILES string of the molecule is C[C@@H]1CN(C(=O)CC[C@@H]2Cc3ccccc3NC2=O)[C@@H](C)CO1. The van der Waals surface area contributed by atoms with E-state index in [9.17, 15) is 9.59 Å². The second-order valence-corrected chi connectivity index (χ2v) is 6.63. The van der Waals surface area contributed by atoms with Crippen LogP contribution in [-0.4, -0.2) is 42.0 Å². The zero-order valence-electron chi connectivity index (χ0n) is 13.7. The van der Waals surface area contributed by atoms with E-state index in [0.717, 1.165) is 11.3 Å². The van der Waals surface area contributed by atoms with Crippen LogP contribution < -0.4 is 5.32 Å². The van der Waals surface area contributed by atoms with Gasteiger partial charge in [-0.1, -0.05) is 18.2 Å². The van der Waals surface area contributed by atoms with Crippen molar-refractivity contribution < 1.29 is 14.3 Å². The second kappa shape index (κ2) is 6.71. The molecule has 1 aromatic rings. The number of hydrogen-bond donors (Lipinski definition) is 1. The topological polar surface area (TPSA) is 58.6 Å². The summed E-state index contributed by atoms with van der Waals surface area (Å²) in [5.74, 6) is 0.0295. The number of rotatable bonds is 3. The molecule has 23 heavy (non-hydrogen) atoms. The lowest BCUT2D eigenvalue weighted by Crippen LogP contribution is -2.50. The maximum absolute atomic E-state index is 12.5. The molecule has 3 atom stereocenters. The highest BCUT2D eigenvalue weighted by Crippen LogP contribution is 2.28. The molecule has 0 saturated carbocycles. The Morgan fingerprint density at radius 1 is 1.35 bits per heavy atom. The molecule has 0 aliphatic carbocycles. The van der Waals surface area contributed by atoms with Crippen molar-refractivity contribution in [3.8, 4) is 0 Å². The van der Waals surface area contributed by atoms with Crippen molar-refractivity contribution in [3.05, 3.63) is 29.8 Å². The fraction of sp³-hybridized carbons (Fsp3) is 0.556. The number of carbonyl (C=O) groups excluding carboxylic acids is 2. The lowest BCUT2D eigenvalue weighted by molar-refractivity contribution is -0.143. The summed E-state index contributed by atoms with van der Waals surface area (Å²) in [7, 11) is 0. The lowest BCUT2D eigenvalue weighted by atomic mass is 9.89. The number of ether oxygens (including phenoxy) is 1. The quantitative estimate of drug-likeness (QED) is 0.930. The third-order valence-electron chi connectivity index (χ3n) is 4.75. The fourth-order valence-electron chi connectivity index (χ4n) is 3.34. The van der Waals surface area contributed by atoms with Crippen LogP contribution in [0.4, 0.5) is 5.69 Å². The monoisotopic (exact) mass is 316 g/mol. The number of hydrogen-bond acceptors (Lipinski definition) is 3. The van der Waals surface area contributed by atoms with E-state index in [0.29, 0.717) is 32.4 Å². The maximum atomic E-state index is 12.5. The normalized spacial score (nSPS) is 27.3. The molecule has 1 saturated heterocycles. The van der Waals surface area contributed by atoms with Gasteiger partial charge in [-0.2, -0.15) is 0 Å². The highest BCUT2D eigenvalue weighted by atomic mass is 16.5. The van der Waals surface area contributed by atoms with E-state index in [2.05, 4.69) is 5.32 Å². The van der Waals surface area contributed by atoms with Gasteiger partial charge in [-0.3, -0.25) is 9.59 Å². The minimum atomic E-state index is -0.123. The van der Waals surface area contributed by atoms with Gasteiger partial charge in [-0.05, 0) is 38.3 Å². The van der Waals surface area contributed by atoms with Gasteiger partial charge in [-0.25, -0.2) is 0 Å². The zero-order valence-corrected chi connectivity index (χ0v) is 13.7. The van der Waals surface area contributed by atoms with Crippen molar-refractivity contribution in [2.75, 3.05) is 18.5 Å². The van der Waals surface area contributed by atoms with Crippen LogP contribution in [-0.2, 0) is 20.7 Å². The van der Waals surface area contributed by atoms with Crippen LogP contribution in [0.3, 0.4) is 0 Å². The van der Waals surface area contributed by atoms with Crippen molar-refractivity contribution in [1.82, 2.24) is 4.90 Å². The number of fused-ring (bicyclic) bond motifs is 1. The van der Waals surface area contributed by atoms with Crippen LogP contribution in [0.25, 0.3) is 0 Å². The lowest BCUT2D eigenvalue weighted by Gasteiger charge is -2.37. The van der Waals surface area contributed by atoms with Gasteiger partial charge in [0.25, 0.3) is 0 Å². The fourth-order valence-corrected chi connectivity index (χ4v) is 3.34. The number of carbonyl (C=O) groups is 2. The molecule has 124 valence electrons. The number of benzene rings is 1. The molecular weight excluding hydrogens is 292 g/mol. The van der Waals surface area contributed by atoms with Gasteiger partial charge in [-0.15, -0.1) is 0 Å². The zero-order chi connectivity index (χ0) is 16.4. The Morgan fingerprint density at radius 3 is 2.96 bits per heavy atom. The average molecular weight is 316 g/mol. The highest BCUT2D eigenvalue weighted by molar-refractivity contribution is 5.96. The van der Waals surface area contributed by atoms with Gasteiger partial charge in [0.15, 0.2) is 0 Å². The molecule has 1 aromatic carbocycles. The van der Waals surface area contributed by atoms with Crippen LogP contribution in [0.2, 0.25) is 0 Å². The van der Waals surface area contributed by atoms with Crippen LogP contribution in [0.1, 0.15) is 32.3 Å². The molecule has 2 amide bonds. The third kappa shape index (κ3) is 3.55. The standard InChI is InChI=1S/C18H24N2O3/c1-12-11-23-13(2)10-20(12)17(21)8-7-15-9-14-5-3-4-6-16(14)19-18(15)22/h3-6,12-13,15H,7-11H2,1-2H3,(H,19,22)/t12-,13+,15+/m0/s1. The van der Waals surface area contributed by atoms with Crippen molar-refractivity contribution in [2.24, 2.45) is 5.92 Å². The Labute approximate surface area is 137 Å². The molecule has 1 fully saturated rings. The first-order chi connectivity index (χ1) is 11.0. The molecule has 2 aliphatic heterocycles. The number of nitrogens with one attached hydrogen (secondary N) is 1. The van der Waals surface area contributed by atoms with Crippen LogP contribution >= 0.6 is 0 Å². The molecule has 0 unspecified atom stereocenters. The first kappa shape index (κ1) is 16.0. The summed E-state index contributed by atoms with van der Waals surface area (Å²) in [6.45, 7) is 5.22. The van der Waals surface area contributed by atoms with Crippen LogP contribution in [0.5, 0.6) is 0 Å². The van der Waals surface area contributed by atoms with Gasteiger partial charge < -0.3 is 15.0 Å². The van der Waals surface area contributed by atoms with Crippen LogP contribution in [0.15, 0.2) is 24.3 Å². The molecule has 2 aliphatic rings. The molecule has 0 spiro atoms. The first-order valence-electron chi connectivity index (χ1n) is 8.34. The van der Waals surface area contributed by atoms with E-state index < -0.39 is 0 Å². The Hall–Kier alpha value is -1.88. The van der Waals surface area contributed by atoms with E-state index in [4.69, 9.17) is 4.74 Å². The van der Waals surface area contributed by atoms with Crippen molar-refractivity contribution in [1.29, 1.82) is 0 Å². The predicted molar refractivity (Wildman–Crippen MR) is 88.1 cm³/mol. The summed E-state index contributed by atoms with van der Waals surface area (Å²) in [4.78, 5) is 26.6. The van der Waals surface area contributed by atoms with Crippen molar-refractivity contribution >= 4 is 17.5 Å². The predicted octanol–water partition coefficient (Wildman–Crippen LogP) is 2.21. The minimum Gasteiger partial charge on any atom is -0.375 e. The van der Waals surface area contributed by atoms with Gasteiger partial charge >= 0.3 is 0 Å². The average Bonchev–Trinajstić information content (AvgIpc) is 2.54. The molecule has 5 heteroatoms. The van der Waals surface area contributed by atoms with Gasteiger partial charge in [0.1, 0.15) is 0 Å². The van der Waals surface area contributed by atoms with E-state index >= 15 is 0 Å². The summed E-state index contributed by atoms with van der Waals surface area (Å²) >= 11 is 0. The summed E-state index contributed by atoms with van der Waals surface area (Å²) in [6, 6.07) is 7.97. The van der Waals surface area contributed by atoms with E-state index in [1.165, 1.54) is 0 Å². The molecular formula is C18H24N2O3. The Morgan fingerprint density at radius 2 is 2.13 bits per heavy atom. The van der Waals surface area contributed by atoms with Gasteiger partial charge in [0.05, 0.1) is 18.8 Å². The molecule has 1 N–H and O–H groups in total.